The van der Waals surface area contributed by atoms with Gasteiger partial charge in [0.1, 0.15) is 28.0 Å². The van der Waals surface area contributed by atoms with Crippen LogP contribution in [0.25, 0.3) is 33.9 Å². The fraction of sp³-hybridized carbons (Fsp3) is 0.0833. The number of H-pyrrole nitrogens is 1. The van der Waals surface area contributed by atoms with E-state index in [1.165, 1.54) is 6.07 Å². The number of aromatic amines is 1. The van der Waals surface area contributed by atoms with Gasteiger partial charge in [0.15, 0.2) is 5.82 Å². The molecule has 0 aliphatic rings. The van der Waals surface area contributed by atoms with Crippen LogP contribution in [0, 0.1) is 0 Å². The number of para-hydroxylation sites is 2. The first kappa shape index (κ1) is 20.7. The highest BCUT2D eigenvalue weighted by atomic mass is 35.5. The van der Waals surface area contributed by atoms with Crippen molar-refractivity contribution in [3.63, 3.8) is 0 Å². The number of imidazole rings is 1. The van der Waals surface area contributed by atoms with Gasteiger partial charge in [-0.05, 0) is 48.0 Å². The van der Waals surface area contributed by atoms with Crippen LogP contribution in [0.3, 0.4) is 0 Å². The molecule has 9 heteroatoms. The Morgan fingerprint density at radius 1 is 1.09 bits per heavy atom. The number of nitrogens with zero attached hydrogens (tertiary/aromatic N) is 4. The zero-order valence-corrected chi connectivity index (χ0v) is 18.4. The summed E-state index contributed by atoms with van der Waals surface area (Å²) in [5, 5.41) is 4.99. The number of nitrogens with two attached hydrogens (primary N) is 1. The number of aromatic nitrogens is 5. The Balaban J connectivity index is 1.65. The highest BCUT2D eigenvalue weighted by molar-refractivity contribution is 6.29. The van der Waals surface area contributed by atoms with Crippen molar-refractivity contribution in [2.45, 2.75) is 6.54 Å². The van der Waals surface area contributed by atoms with Crippen molar-refractivity contribution < 1.29 is 9.53 Å². The molecule has 0 aliphatic carbocycles. The van der Waals surface area contributed by atoms with Crippen LogP contribution in [0.2, 0.25) is 5.15 Å². The van der Waals surface area contributed by atoms with Crippen LogP contribution in [0.1, 0.15) is 15.9 Å². The summed E-state index contributed by atoms with van der Waals surface area (Å²) < 4.78 is 7.06. The summed E-state index contributed by atoms with van der Waals surface area (Å²) >= 11 is 6.12. The molecule has 0 atom stereocenters. The summed E-state index contributed by atoms with van der Waals surface area (Å²) in [5.41, 5.74) is 10.1. The Morgan fingerprint density at radius 2 is 1.88 bits per heavy atom. The fourth-order valence-corrected chi connectivity index (χ4v) is 3.80. The Morgan fingerprint density at radius 3 is 2.61 bits per heavy atom. The van der Waals surface area contributed by atoms with Gasteiger partial charge in [0.05, 0.1) is 30.3 Å². The monoisotopic (exact) mass is 458 g/mol. The van der Waals surface area contributed by atoms with E-state index in [1.807, 2.05) is 59.3 Å². The third kappa shape index (κ3) is 4.04. The fourth-order valence-electron chi connectivity index (χ4n) is 3.65. The number of hydrogen-bond acceptors (Lipinski definition) is 5. The molecular weight excluding hydrogens is 440 g/mol. The number of halogens is 1. The normalized spacial score (nSPS) is 11.1. The minimum Gasteiger partial charge on any atom is -0.497 e. The zero-order valence-electron chi connectivity index (χ0n) is 17.6. The number of hydrogen-bond donors (Lipinski definition) is 2. The summed E-state index contributed by atoms with van der Waals surface area (Å²) in [5.74, 6) is 0.807. The lowest BCUT2D eigenvalue weighted by atomic mass is 10.1. The standard InChI is InChI=1S/C24H19ClN6O2/c1-33-15-8-6-14(7-9-15)13-31-20(24-27-17-4-2-3-5-18(17)28-24)12-19(30-31)22-16(23(26)32)10-11-21(25)29-22/h2-12H,13H2,1H3,(H2,26,32)(H,27,28). The molecule has 33 heavy (non-hydrogen) atoms. The van der Waals surface area contributed by atoms with E-state index >= 15 is 0 Å². The van der Waals surface area contributed by atoms with Crippen LogP contribution < -0.4 is 10.5 Å². The Hall–Kier alpha value is -4.17. The van der Waals surface area contributed by atoms with Gasteiger partial charge in [-0.1, -0.05) is 35.9 Å². The van der Waals surface area contributed by atoms with Crippen LogP contribution in [-0.4, -0.2) is 37.7 Å². The second kappa shape index (κ2) is 8.40. The molecule has 2 aromatic carbocycles. The number of amides is 1. The van der Waals surface area contributed by atoms with Crippen LogP contribution in [0.15, 0.2) is 66.7 Å². The summed E-state index contributed by atoms with van der Waals surface area (Å²) in [4.78, 5) is 24.4. The molecule has 3 N–H and O–H groups in total. The van der Waals surface area contributed by atoms with E-state index in [0.717, 1.165) is 28.0 Å². The van der Waals surface area contributed by atoms with Crippen molar-refractivity contribution in [1.82, 2.24) is 24.7 Å². The lowest BCUT2D eigenvalue weighted by Gasteiger charge is -2.07. The molecule has 0 bridgehead atoms. The molecule has 0 spiro atoms. The molecule has 0 saturated heterocycles. The van der Waals surface area contributed by atoms with E-state index in [0.29, 0.717) is 23.8 Å². The summed E-state index contributed by atoms with van der Waals surface area (Å²) in [6.07, 6.45) is 0. The molecule has 0 aliphatic heterocycles. The maximum Gasteiger partial charge on any atom is 0.250 e. The molecule has 164 valence electrons. The van der Waals surface area contributed by atoms with Gasteiger partial charge in [0.2, 0.25) is 0 Å². The molecule has 0 saturated carbocycles. The lowest BCUT2D eigenvalue weighted by molar-refractivity contribution is 0.100. The highest BCUT2D eigenvalue weighted by Gasteiger charge is 2.20. The largest absolute Gasteiger partial charge is 0.497 e. The first-order chi connectivity index (χ1) is 16.0. The summed E-state index contributed by atoms with van der Waals surface area (Å²) in [7, 11) is 1.63. The van der Waals surface area contributed by atoms with Gasteiger partial charge in [-0.3, -0.25) is 9.48 Å². The molecule has 0 fully saturated rings. The summed E-state index contributed by atoms with van der Waals surface area (Å²) in [6, 6.07) is 20.4. The highest BCUT2D eigenvalue weighted by Crippen LogP contribution is 2.29. The molecule has 5 aromatic rings. The Bertz CT molecular complexity index is 1440. The van der Waals surface area contributed by atoms with Crippen LogP contribution in [0.5, 0.6) is 5.75 Å². The van der Waals surface area contributed by atoms with Crippen LogP contribution in [-0.2, 0) is 6.54 Å². The minimum absolute atomic E-state index is 0.240. The van der Waals surface area contributed by atoms with Crippen molar-refractivity contribution in [3.05, 3.63) is 83.0 Å². The Kier molecular flexibility index (Phi) is 5.27. The molecule has 0 unspecified atom stereocenters. The summed E-state index contributed by atoms with van der Waals surface area (Å²) in [6.45, 7) is 0.461. The van der Waals surface area contributed by atoms with Crippen LogP contribution in [0.4, 0.5) is 0 Å². The number of ether oxygens (including phenoxy) is 1. The maximum absolute atomic E-state index is 12.0. The number of rotatable bonds is 6. The first-order valence-electron chi connectivity index (χ1n) is 10.1. The van der Waals surface area contributed by atoms with Gasteiger partial charge in [0, 0.05) is 0 Å². The smallest absolute Gasteiger partial charge is 0.250 e. The number of carbonyl (C=O) groups excluding carboxylic acids is 1. The van der Waals surface area contributed by atoms with Gasteiger partial charge < -0.3 is 15.5 Å². The van der Waals surface area contributed by atoms with E-state index in [-0.39, 0.29) is 10.7 Å². The molecule has 5 rings (SSSR count). The van der Waals surface area contributed by atoms with E-state index in [9.17, 15) is 4.79 Å². The maximum atomic E-state index is 12.0. The molecule has 3 heterocycles. The van der Waals surface area contributed by atoms with Gasteiger partial charge in [-0.2, -0.15) is 5.10 Å². The number of fused-ring (bicyclic) bond motifs is 1. The molecule has 0 radical (unpaired) electrons. The number of carbonyl (C=O) groups is 1. The second-order valence-electron chi connectivity index (χ2n) is 7.42. The molecule has 8 nitrogen and oxygen atoms in total. The number of methoxy groups -OCH3 is 1. The van der Waals surface area contributed by atoms with Gasteiger partial charge in [0.25, 0.3) is 5.91 Å². The van der Waals surface area contributed by atoms with Crippen LogP contribution >= 0.6 is 11.6 Å². The van der Waals surface area contributed by atoms with E-state index in [2.05, 4.69) is 9.97 Å². The first-order valence-corrected chi connectivity index (χ1v) is 10.5. The van der Waals surface area contributed by atoms with Crippen molar-refractivity contribution in [1.29, 1.82) is 0 Å². The number of nitrogens with one attached hydrogen (secondary N) is 1. The number of primary amides is 1. The third-order valence-electron chi connectivity index (χ3n) is 5.27. The minimum atomic E-state index is -0.607. The van der Waals surface area contributed by atoms with Crippen molar-refractivity contribution in [2.75, 3.05) is 7.11 Å². The molecule has 3 aromatic heterocycles. The molecular formula is C24H19ClN6O2. The predicted octanol–water partition coefficient (Wildman–Crippen LogP) is 4.30. The predicted molar refractivity (Wildman–Crippen MR) is 126 cm³/mol. The second-order valence-corrected chi connectivity index (χ2v) is 7.80. The number of pyridine rings is 1. The van der Waals surface area contributed by atoms with Gasteiger partial charge in [-0.15, -0.1) is 0 Å². The lowest BCUT2D eigenvalue weighted by Crippen LogP contribution is -2.13. The zero-order chi connectivity index (χ0) is 22.9. The average Bonchev–Trinajstić information content (AvgIpc) is 3.43. The topological polar surface area (TPSA) is 112 Å². The quantitative estimate of drug-likeness (QED) is 0.368. The third-order valence-corrected chi connectivity index (χ3v) is 5.48. The van der Waals surface area contributed by atoms with E-state index in [1.54, 1.807) is 13.2 Å². The SMILES string of the molecule is COc1ccc(Cn2nc(-c3nc(Cl)ccc3C(N)=O)cc2-c2nc3ccccc3[nH]2)cc1. The van der Waals surface area contributed by atoms with Gasteiger partial charge in [-0.25, -0.2) is 9.97 Å². The molecule has 1 amide bonds. The number of benzene rings is 2. The van der Waals surface area contributed by atoms with Crippen molar-refractivity contribution >= 4 is 28.5 Å². The Labute approximate surface area is 194 Å². The average molecular weight is 459 g/mol. The van der Waals surface area contributed by atoms with Crippen molar-refractivity contribution in [3.8, 4) is 28.7 Å². The van der Waals surface area contributed by atoms with Gasteiger partial charge >= 0.3 is 0 Å². The van der Waals surface area contributed by atoms with E-state index in [4.69, 9.17) is 32.2 Å². The van der Waals surface area contributed by atoms with E-state index < -0.39 is 5.91 Å². The van der Waals surface area contributed by atoms with Crippen molar-refractivity contribution in [2.24, 2.45) is 5.73 Å².